The number of nitrogens with zero attached hydrogens (tertiary/aromatic N) is 3. The Kier molecular flexibility index (Phi) is 8.73. The first-order chi connectivity index (χ1) is 17.4. The molecule has 2 heterocycles. The Balaban J connectivity index is 1.72. The van der Waals surface area contributed by atoms with Crippen molar-refractivity contribution in [3.63, 3.8) is 0 Å². The van der Waals surface area contributed by atoms with Crippen LogP contribution in [0.1, 0.15) is 50.8 Å². The van der Waals surface area contributed by atoms with E-state index in [1.165, 1.54) is 24.1 Å². The van der Waals surface area contributed by atoms with Gasteiger partial charge in [-0.25, -0.2) is 27.0 Å². The fraction of sp³-hybridized carbons (Fsp3) is 0.333. The molecule has 0 saturated carbocycles. The number of nitrogens with two attached hydrogens (primary N) is 1. The molecule has 2 N–H and O–H groups in total. The van der Waals surface area contributed by atoms with E-state index in [-0.39, 0.29) is 17.2 Å². The third-order valence-electron chi connectivity index (χ3n) is 6.22. The van der Waals surface area contributed by atoms with Crippen LogP contribution in [0.15, 0.2) is 66.2 Å². The number of amidine groups is 1. The highest BCUT2D eigenvalue weighted by atomic mass is 19.3. The number of hydrazone groups is 1. The van der Waals surface area contributed by atoms with Gasteiger partial charge in [-0.15, -0.1) is 0 Å². The zero-order valence-corrected chi connectivity index (χ0v) is 20.8. The molecule has 2 aromatic rings. The summed E-state index contributed by atoms with van der Waals surface area (Å²) in [5.74, 6) is -7.67. The monoisotopic (exact) mass is 520 g/mol. The lowest BCUT2D eigenvalue weighted by Gasteiger charge is -2.24. The van der Waals surface area contributed by atoms with Crippen LogP contribution in [0.4, 0.5) is 22.0 Å². The molecule has 0 saturated heterocycles. The molecule has 1 aliphatic heterocycles. The van der Waals surface area contributed by atoms with Crippen molar-refractivity contribution in [2.75, 3.05) is 6.61 Å². The Bertz CT molecular complexity index is 1220. The van der Waals surface area contributed by atoms with Crippen LogP contribution >= 0.6 is 0 Å². The maximum Gasteiger partial charge on any atom is 0.259 e. The van der Waals surface area contributed by atoms with Crippen LogP contribution in [0.5, 0.6) is 5.75 Å². The first kappa shape index (κ1) is 27.9. The first-order valence-electron chi connectivity index (χ1n) is 11.8. The summed E-state index contributed by atoms with van der Waals surface area (Å²) in [6, 6.07) is 4.43. The summed E-state index contributed by atoms with van der Waals surface area (Å²) >= 11 is 0. The van der Waals surface area contributed by atoms with E-state index in [4.69, 9.17) is 10.5 Å². The fourth-order valence-electron chi connectivity index (χ4n) is 3.49. The Morgan fingerprint density at radius 1 is 1.19 bits per heavy atom. The molecule has 1 aromatic heterocycles. The Morgan fingerprint density at radius 3 is 2.54 bits per heavy atom. The van der Waals surface area contributed by atoms with Gasteiger partial charge in [-0.3, -0.25) is 4.98 Å². The molecular weight excluding hydrogens is 491 g/mol. The minimum absolute atomic E-state index is 0.00275. The summed E-state index contributed by atoms with van der Waals surface area (Å²) in [6.45, 7) is 8.39. The van der Waals surface area contributed by atoms with Crippen LogP contribution in [0.2, 0.25) is 0 Å². The molecule has 1 aromatic carbocycles. The van der Waals surface area contributed by atoms with E-state index in [1.54, 1.807) is 18.4 Å². The highest BCUT2D eigenvalue weighted by molar-refractivity contribution is 5.83. The number of allylic oxidation sites excluding steroid dienone is 3. The average Bonchev–Trinajstić information content (AvgIpc) is 2.86. The second-order valence-corrected chi connectivity index (χ2v) is 8.81. The average molecular weight is 521 g/mol. The molecule has 0 amide bonds. The highest BCUT2D eigenvalue weighted by Gasteiger charge is 2.38. The van der Waals surface area contributed by atoms with Crippen molar-refractivity contribution in [3.8, 4) is 5.75 Å². The number of pyridine rings is 1. The summed E-state index contributed by atoms with van der Waals surface area (Å²) in [5.41, 5.74) is 6.74. The highest BCUT2D eigenvalue weighted by Crippen LogP contribution is 2.36. The van der Waals surface area contributed by atoms with Crippen LogP contribution in [-0.2, 0) is 0 Å². The number of halogens is 5. The molecule has 2 unspecified atom stereocenters. The van der Waals surface area contributed by atoms with Crippen molar-refractivity contribution in [1.82, 2.24) is 9.99 Å². The van der Waals surface area contributed by atoms with Crippen LogP contribution in [0.25, 0.3) is 5.57 Å². The molecule has 0 radical (unpaired) electrons. The molecule has 0 spiro atoms. The Morgan fingerprint density at radius 2 is 1.92 bits per heavy atom. The van der Waals surface area contributed by atoms with E-state index in [0.29, 0.717) is 17.1 Å². The van der Waals surface area contributed by atoms with Crippen molar-refractivity contribution in [3.05, 3.63) is 89.8 Å². The smallest absolute Gasteiger partial charge is 0.259 e. The number of rotatable bonds is 10. The van der Waals surface area contributed by atoms with Crippen LogP contribution in [0, 0.1) is 23.4 Å². The van der Waals surface area contributed by atoms with Gasteiger partial charge in [0.25, 0.3) is 5.92 Å². The third-order valence-corrected chi connectivity index (χ3v) is 6.22. The lowest BCUT2D eigenvalue weighted by atomic mass is 9.97. The molecule has 0 fully saturated rings. The number of alkyl halides is 2. The molecule has 10 heteroatoms. The van der Waals surface area contributed by atoms with Crippen molar-refractivity contribution in [2.45, 2.75) is 45.5 Å². The van der Waals surface area contributed by atoms with Gasteiger partial charge in [0.1, 0.15) is 11.7 Å². The molecule has 0 bridgehead atoms. The largest absolute Gasteiger partial charge is 0.487 e. The van der Waals surface area contributed by atoms with E-state index >= 15 is 4.39 Å². The second kappa shape index (κ2) is 11.6. The first-order valence-corrected chi connectivity index (χ1v) is 11.8. The van der Waals surface area contributed by atoms with Gasteiger partial charge in [0.15, 0.2) is 17.4 Å². The molecule has 37 heavy (non-hydrogen) atoms. The SMILES string of the molecule is C=C1C=C(c2ccc(F)c(OCCC(F)(F)C(C)c3ccc(F)cn3)c2F)C=CN1/N=C(/N)C(C)CC. The predicted octanol–water partition coefficient (Wildman–Crippen LogP) is 6.75. The number of aromatic nitrogens is 1. The van der Waals surface area contributed by atoms with Gasteiger partial charge in [-0.2, -0.15) is 5.10 Å². The Hall–Kier alpha value is -3.69. The summed E-state index contributed by atoms with van der Waals surface area (Å²) < 4.78 is 77.1. The van der Waals surface area contributed by atoms with Gasteiger partial charge >= 0.3 is 0 Å². The van der Waals surface area contributed by atoms with Gasteiger partial charge in [-0.1, -0.05) is 27.4 Å². The van der Waals surface area contributed by atoms with Crippen molar-refractivity contribution in [2.24, 2.45) is 16.8 Å². The maximum absolute atomic E-state index is 15.2. The number of hydrogen-bond acceptors (Lipinski definition) is 4. The van der Waals surface area contributed by atoms with Crippen molar-refractivity contribution >= 4 is 11.4 Å². The van der Waals surface area contributed by atoms with E-state index < -0.39 is 48.1 Å². The summed E-state index contributed by atoms with van der Waals surface area (Å²) in [6.07, 6.45) is 5.45. The van der Waals surface area contributed by atoms with Crippen molar-refractivity contribution < 1.29 is 26.7 Å². The van der Waals surface area contributed by atoms with Gasteiger partial charge in [-0.05, 0) is 48.4 Å². The second-order valence-electron chi connectivity index (χ2n) is 8.81. The van der Waals surface area contributed by atoms with E-state index in [9.17, 15) is 17.6 Å². The van der Waals surface area contributed by atoms with Crippen LogP contribution in [0.3, 0.4) is 0 Å². The topological polar surface area (TPSA) is 63.7 Å². The van der Waals surface area contributed by atoms with Gasteiger partial charge in [0.05, 0.1) is 24.4 Å². The minimum Gasteiger partial charge on any atom is -0.487 e. The summed E-state index contributed by atoms with van der Waals surface area (Å²) in [5, 5.41) is 5.75. The standard InChI is InChI=1S/C27H29F5N4O/c1-5-16(2)26(33)35-36-12-10-19(14-17(36)3)21-7-8-22(29)25(24(21)30)37-13-11-27(31,32)18(4)23-9-6-20(28)15-34-23/h6-10,12,14-16,18H,3,5,11,13H2,1-2,4H3,(H2,33,35). The van der Waals surface area contributed by atoms with E-state index in [1.807, 2.05) is 13.8 Å². The fourth-order valence-corrected chi connectivity index (χ4v) is 3.49. The zero-order chi connectivity index (χ0) is 27.3. The van der Waals surface area contributed by atoms with Crippen LogP contribution in [-0.4, -0.2) is 28.4 Å². The lowest BCUT2D eigenvalue weighted by molar-refractivity contribution is -0.0414. The summed E-state index contributed by atoms with van der Waals surface area (Å²) in [7, 11) is 0. The maximum atomic E-state index is 15.2. The lowest BCUT2D eigenvalue weighted by Crippen LogP contribution is -2.27. The van der Waals surface area contributed by atoms with Gasteiger partial charge < -0.3 is 10.5 Å². The predicted molar refractivity (Wildman–Crippen MR) is 133 cm³/mol. The molecule has 5 nitrogen and oxygen atoms in total. The number of ether oxygens (including phenoxy) is 1. The zero-order valence-electron chi connectivity index (χ0n) is 20.8. The van der Waals surface area contributed by atoms with Gasteiger partial charge in [0, 0.05) is 29.8 Å². The molecule has 1 aliphatic rings. The number of hydrogen-bond donors (Lipinski definition) is 1. The normalized spacial score (nSPS) is 16.0. The molecule has 3 rings (SSSR count). The molecule has 0 aliphatic carbocycles. The number of benzene rings is 1. The summed E-state index contributed by atoms with van der Waals surface area (Å²) in [4.78, 5) is 3.69. The van der Waals surface area contributed by atoms with Gasteiger partial charge in [0.2, 0.25) is 0 Å². The quantitative estimate of drug-likeness (QED) is 0.214. The third kappa shape index (κ3) is 6.55. The Labute approximate surface area is 212 Å². The van der Waals surface area contributed by atoms with Crippen molar-refractivity contribution in [1.29, 1.82) is 0 Å². The molecule has 198 valence electrons. The van der Waals surface area contributed by atoms with Crippen LogP contribution < -0.4 is 10.5 Å². The molecule has 2 atom stereocenters. The molecular formula is C27H29F5N4O. The minimum atomic E-state index is -3.32. The van der Waals surface area contributed by atoms with E-state index in [2.05, 4.69) is 16.7 Å². The van der Waals surface area contributed by atoms with E-state index in [0.717, 1.165) is 24.8 Å².